The number of halogens is 1. The Hall–Kier alpha value is -2.28. The molecule has 96 valence electrons. The summed E-state index contributed by atoms with van der Waals surface area (Å²) >= 11 is 3.17. The van der Waals surface area contributed by atoms with Gasteiger partial charge in [0, 0.05) is 23.6 Å². The minimum Gasteiger partial charge on any atom is -0.477 e. The lowest BCUT2D eigenvalue weighted by Crippen LogP contribution is -2.13. The second-order valence-corrected chi connectivity index (χ2v) is 4.37. The molecule has 2 heterocycles. The van der Waals surface area contributed by atoms with E-state index in [1.165, 1.54) is 24.5 Å². The lowest BCUT2D eigenvalue weighted by Gasteiger charge is -2.05. The molecule has 0 saturated carbocycles. The Morgan fingerprint density at radius 3 is 2.58 bits per heavy atom. The van der Waals surface area contributed by atoms with Crippen molar-refractivity contribution in [3.05, 3.63) is 52.5 Å². The Morgan fingerprint density at radius 1 is 1.16 bits per heavy atom. The van der Waals surface area contributed by atoms with Crippen molar-refractivity contribution in [2.24, 2.45) is 0 Å². The predicted molar refractivity (Wildman–Crippen MR) is 71.1 cm³/mol. The van der Waals surface area contributed by atoms with Crippen LogP contribution in [0.1, 0.15) is 20.8 Å². The van der Waals surface area contributed by atoms with E-state index >= 15 is 0 Å². The number of hydrogen-bond acceptors (Lipinski definition) is 4. The Bertz CT molecular complexity index is 646. The number of rotatable bonds is 3. The monoisotopic (exact) mass is 321 g/mol. The van der Waals surface area contributed by atoms with Crippen LogP contribution in [-0.4, -0.2) is 27.0 Å². The van der Waals surface area contributed by atoms with Gasteiger partial charge in [-0.3, -0.25) is 4.79 Å². The molecule has 0 aromatic carbocycles. The minimum atomic E-state index is -1.15. The van der Waals surface area contributed by atoms with E-state index in [9.17, 15) is 9.59 Å². The average Bonchev–Trinajstić information content (AvgIpc) is 2.39. The second kappa shape index (κ2) is 5.57. The minimum absolute atomic E-state index is 0.131. The number of amides is 1. The number of nitrogens with zero attached hydrogens (tertiary/aromatic N) is 2. The molecule has 1 amide bonds. The molecule has 0 aliphatic heterocycles. The van der Waals surface area contributed by atoms with E-state index in [-0.39, 0.29) is 11.6 Å². The molecular formula is C12H8BrN3O3. The van der Waals surface area contributed by atoms with Crippen LogP contribution in [0, 0.1) is 0 Å². The fourth-order valence-electron chi connectivity index (χ4n) is 1.37. The quantitative estimate of drug-likeness (QED) is 0.845. The number of carboxylic acids is 1. The van der Waals surface area contributed by atoms with E-state index in [4.69, 9.17) is 5.11 Å². The number of carboxylic acid groups (broad SMARTS) is 1. The maximum absolute atomic E-state index is 11.9. The normalized spacial score (nSPS) is 9.95. The number of carbonyl (C=O) groups excluding carboxylic acids is 1. The van der Waals surface area contributed by atoms with Crippen LogP contribution in [0.3, 0.4) is 0 Å². The number of anilines is 1. The molecule has 0 aliphatic carbocycles. The second-order valence-electron chi connectivity index (χ2n) is 3.56. The first-order valence-corrected chi connectivity index (χ1v) is 5.98. The lowest BCUT2D eigenvalue weighted by molar-refractivity contribution is 0.0690. The molecule has 0 aliphatic rings. The molecule has 0 radical (unpaired) electrons. The third-order valence-electron chi connectivity index (χ3n) is 2.23. The van der Waals surface area contributed by atoms with Gasteiger partial charge in [0.15, 0.2) is 0 Å². The molecule has 0 atom stereocenters. The van der Waals surface area contributed by atoms with Crippen molar-refractivity contribution in [1.29, 1.82) is 0 Å². The zero-order valence-electron chi connectivity index (χ0n) is 9.50. The SMILES string of the molecule is O=C(Nc1ccnc(C(=O)O)c1)c1ccnc(Br)c1. The van der Waals surface area contributed by atoms with Gasteiger partial charge in [-0.1, -0.05) is 0 Å². The molecule has 19 heavy (non-hydrogen) atoms. The van der Waals surface area contributed by atoms with Gasteiger partial charge in [0.05, 0.1) is 0 Å². The average molecular weight is 322 g/mol. The molecule has 0 bridgehead atoms. The summed E-state index contributed by atoms with van der Waals surface area (Å²) in [6.07, 6.45) is 2.82. The first kappa shape index (κ1) is 13.2. The Kier molecular flexibility index (Phi) is 3.86. The standard InChI is InChI=1S/C12H8BrN3O3/c13-10-5-7(1-3-15-10)11(17)16-8-2-4-14-9(6-8)12(18)19/h1-6H,(H,18,19)(H,14,16,17). The molecule has 2 N–H and O–H groups in total. The first-order chi connectivity index (χ1) is 9.06. The van der Waals surface area contributed by atoms with Crippen molar-refractivity contribution in [2.45, 2.75) is 0 Å². The highest BCUT2D eigenvalue weighted by Crippen LogP contribution is 2.12. The van der Waals surface area contributed by atoms with Gasteiger partial charge in [-0.25, -0.2) is 14.8 Å². The summed E-state index contributed by atoms with van der Waals surface area (Å²) in [5, 5.41) is 11.4. The summed E-state index contributed by atoms with van der Waals surface area (Å²) in [4.78, 5) is 30.3. The number of aromatic carboxylic acids is 1. The summed E-state index contributed by atoms with van der Waals surface area (Å²) < 4.78 is 0.543. The molecule has 0 fully saturated rings. The smallest absolute Gasteiger partial charge is 0.354 e. The number of carbonyl (C=O) groups is 2. The molecule has 0 unspecified atom stereocenters. The van der Waals surface area contributed by atoms with Gasteiger partial charge in [-0.2, -0.15) is 0 Å². The topological polar surface area (TPSA) is 92.2 Å². The van der Waals surface area contributed by atoms with E-state index in [0.29, 0.717) is 15.9 Å². The fraction of sp³-hybridized carbons (Fsp3) is 0. The first-order valence-electron chi connectivity index (χ1n) is 5.18. The number of pyridine rings is 2. The van der Waals surface area contributed by atoms with Gasteiger partial charge in [0.25, 0.3) is 5.91 Å². The van der Waals surface area contributed by atoms with Crippen LogP contribution in [-0.2, 0) is 0 Å². The highest BCUT2D eigenvalue weighted by Gasteiger charge is 2.09. The van der Waals surface area contributed by atoms with E-state index < -0.39 is 5.97 Å². The summed E-state index contributed by atoms with van der Waals surface area (Å²) in [5.74, 6) is -1.51. The molecular weight excluding hydrogens is 314 g/mol. The highest BCUT2D eigenvalue weighted by molar-refractivity contribution is 9.10. The number of nitrogens with one attached hydrogen (secondary N) is 1. The Balaban J connectivity index is 2.19. The van der Waals surface area contributed by atoms with E-state index in [1.54, 1.807) is 12.1 Å². The highest BCUT2D eigenvalue weighted by atomic mass is 79.9. The summed E-state index contributed by atoms with van der Waals surface area (Å²) in [5.41, 5.74) is 0.648. The largest absolute Gasteiger partial charge is 0.477 e. The molecule has 2 aromatic heterocycles. The molecule has 7 heteroatoms. The summed E-state index contributed by atoms with van der Waals surface area (Å²) in [6, 6.07) is 5.92. The molecule has 2 aromatic rings. The van der Waals surface area contributed by atoms with Crippen LogP contribution < -0.4 is 5.32 Å². The molecule has 0 spiro atoms. The van der Waals surface area contributed by atoms with Crippen LogP contribution in [0.15, 0.2) is 41.3 Å². The van der Waals surface area contributed by atoms with Gasteiger partial charge in [0.2, 0.25) is 0 Å². The van der Waals surface area contributed by atoms with Crippen molar-refractivity contribution in [2.75, 3.05) is 5.32 Å². The van der Waals surface area contributed by atoms with Crippen molar-refractivity contribution in [1.82, 2.24) is 9.97 Å². The van der Waals surface area contributed by atoms with Crippen LogP contribution >= 0.6 is 15.9 Å². The molecule has 0 saturated heterocycles. The van der Waals surface area contributed by atoms with Crippen molar-refractivity contribution >= 4 is 33.5 Å². The lowest BCUT2D eigenvalue weighted by atomic mass is 10.2. The van der Waals surface area contributed by atoms with Crippen molar-refractivity contribution < 1.29 is 14.7 Å². The summed E-state index contributed by atoms with van der Waals surface area (Å²) in [7, 11) is 0. The number of aromatic nitrogens is 2. The number of hydrogen-bond donors (Lipinski definition) is 2. The van der Waals surface area contributed by atoms with E-state index in [1.807, 2.05) is 0 Å². The Labute approximate surface area is 116 Å². The van der Waals surface area contributed by atoms with Crippen LogP contribution in [0.5, 0.6) is 0 Å². The third-order valence-corrected chi connectivity index (χ3v) is 2.66. The predicted octanol–water partition coefficient (Wildman–Crippen LogP) is 2.19. The van der Waals surface area contributed by atoms with Crippen molar-refractivity contribution in [3.8, 4) is 0 Å². The zero-order valence-corrected chi connectivity index (χ0v) is 11.1. The molecule has 2 rings (SSSR count). The van der Waals surface area contributed by atoms with Crippen molar-refractivity contribution in [3.63, 3.8) is 0 Å². The van der Waals surface area contributed by atoms with Gasteiger partial charge in [-0.05, 0) is 40.2 Å². The Morgan fingerprint density at radius 2 is 1.89 bits per heavy atom. The van der Waals surface area contributed by atoms with E-state index in [0.717, 1.165) is 0 Å². The van der Waals surface area contributed by atoms with E-state index in [2.05, 4.69) is 31.2 Å². The summed E-state index contributed by atoms with van der Waals surface area (Å²) in [6.45, 7) is 0. The van der Waals surface area contributed by atoms with Gasteiger partial charge in [-0.15, -0.1) is 0 Å². The maximum atomic E-state index is 11.9. The maximum Gasteiger partial charge on any atom is 0.354 e. The van der Waals surface area contributed by atoms with Gasteiger partial charge < -0.3 is 10.4 Å². The van der Waals surface area contributed by atoms with Crippen LogP contribution in [0.4, 0.5) is 5.69 Å². The van der Waals surface area contributed by atoms with Crippen LogP contribution in [0.2, 0.25) is 0 Å². The molecule has 6 nitrogen and oxygen atoms in total. The third kappa shape index (κ3) is 3.35. The fourth-order valence-corrected chi connectivity index (χ4v) is 1.74. The zero-order chi connectivity index (χ0) is 13.8. The van der Waals surface area contributed by atoms with Gasteiger partial charge >= 0.3 is 5.97 Å². The van der Waals surface area contributed by atoms with Crippen LogP contribution in [0.25, 0.3) is 0 Å². The van der Waals surface area contributed by atoms with Gasteiger partial charge in [0.1, 0.15) is 10.3 Å².